The summed E-state index contributed by atoms with van der Waals surface area (Å²) in [4.78, 5) is 22.4. The lowest BCUT2D eigenvalue weighted by atomic mass is 10.3. The van der Waals surface area contributed by atoms with Gasteiger partial charge in [-0.15, -0.1) is 0 Å². The minimum Gasteiger partial charge on any atom is -0.354 e. The van der Waals surface area contributed by atoms with Crippen LogP contribution in [0.1, 0.15) is 25.1 Å². The lowest BCUT2D eigenvalue weighted by Gasteiger charge is -2.12. The molecule has 0 aromatic carbocycles. The van der Waals surface area contributed by atoms with Crippen molar-refractivity contribution in [1.29, 1.82) is 0 Å². The number of nitrogens with zero attached hydrogens (tertiary/aromatic N) is 5. The van der Waals surface area contributed by atoms with Crippen LogP contribution in [0.15, 0.2) is 23.1 Å². The van der Waals surface area contributed by atoms with E-state index in [0.29, 0.717) is 18.8 Å². The number of aromatic nitrogens is 4. The summed E-state index contributed by atoms with van der Waals surface area (Å²) in [5.41, 5.74) is 0.202. The summed E-state index contributed by atoms with van der Waals surface area (Å²) >= 11 is 3.32. The van der Waals surface area contributed by atoms with Gasteiger partial charge in [0.05, 0.1) is 15.6 Å². The third-order valence-electron chi connectivity index (χ3n) is 3.33. The molecule has 2 aromatic rings. The Morgan fingerprint density at radius 1 is 1.52 bits per heavy atom. The van der Waals surface area contributed by atoms with Crippen molar-refractivity contribution in [3.05, 3.63) is 38.9 Å². The van der Waals surface area contributed by atoms with Crippen LogP contribution in [0, 0.1) is 17.0 Å². The number of hydrogen-bond donors (Lipinski definition) is 1. The standard InChI is InChI=1S/C13H17BrN6O3/c1-9-12(20(22)23)8-19(17-9)10(2)13(21)15-4-3-5-18-7-11(14)6-16-18/h6-8,10H,3-5H2,1-2H3,(H,15,21). The van der Waals surface area contributed by atoms with Gasteiger partial charge in [0.2, 0.25) is 5.91 Å². The van der Waals surface area contributed by atoms with Crippen LogP contribution in [0.5, 0.6) is 0 Å². The molecule has 0 spiro atoms. The van der Waals surface area contributed by atoms with Crippen LogP contribution in [0.3, 0.4) is 0 Å². The topological polar surface area (TPSA) is 108 Å². The van der Waals surface area contributed by atoms with Crippen LogP contribution < -0.4 is 5.32 Å². The van der Waals surface area contributed by atoms with Gasteiger partial charge in [-0.1, -0.05) is 0 Å². The smallest absolute Gasteiger partial charge is 0.309 e. The fraction of sp³-hybridized carbons (Fsp3) is 0.462. The molecular weight excluding hydrogens is 368 g/mol. The van der Waals surface area contributed by atoms with Gasteiger partial charge in [-0.25, -0.2) is 0 Å². The summed E-state index contributed by atoms with van der Waals surface area (Å²) in [6, 6.07) is -0.610. The molecular formula is C13H17BrN6O3. The van der Waals surface area contributed by atoms with Gasteiger partial charge in [0.15, 0.2) is 0 Å². The van der Waals surface area contributed by atoms with Crippen molar-refractivity contribution in [3.8, 4) is 0 Å². The Morgan fingerprint density at radius 3 is 2.83 bits per heavy atom. The fourth-order valence-corrected chi connectivity index (χ4v) is 2.36. The van der Waals surface area contributed by atoms with Crippen molar-refractivity contribution in [2.75, 3.05) is 6.54 Å². The summed E-state index contributed by atoms with van der Waals surface area (Å²) in [7, 11) is 0. The van der Waals surface area contributed by atoms with E-state index in [0.717, 1.165) is 10.9 Å². The Kier molecular flexibility index (Phi) is 5.48. The maximum atomic E-state index is 12.1. The predicted octanol–water partition coefficient (Wildman–Crippen LogP) is 1.83. The molecule has 2 aromatic heterocycles. The molecule has 1 amide bonds. The number of carbonyl (C=O) groups is 1. The summed E-state index contributed by atoms with van der Waals surface area (Å²) in [6.45, 7) is 4.37. The number of rotatable bonds is 7. The third kappa shape index (κ3) is 4.38. The zero-order chi connectivity index (χ0) is 17.0. The van der Waals surface area contributed by atoms with E-state index >= 15 is 0 Å². The van der Waals surface area contributed by atoms with Crippen molar-refractivity contribution < 1.29 is 9.72 Å². The first kappa shape index (κ1) is 17.1. The second kappa shape index (κ2) is 7.36. The van der Waals surface area contributed by atoms with Gasteiger partial charge in [-0.05, 0) is 36.2 Å². The van der Waals surface area contributed by atoms with Gasteiger partial charge in [-0.2, -0.15) is 10.2 Å². The van der Waals surface area contributed by atoms with Crippen LogP contribution in [0.25, 0.3) is 0 Å². The molecule has 1 unspecified atom stereocenters. The van der Waals surface area contributed by atoms with Crippen LogP contribution in [0.4, 0.5) is 5.69 Å². The van der Waals surface area contributed by atoms with E-state index in [-0.39, 0.29) is 11.6 Å². The molecule has 0 bridgehead atoms. The zero-order valence-corrected chi connectivity index (χ0v) is 14.4. The van der Waals surface area contributed by atoms with Gasteiger partial charge >= 0.3 is 5.69 Å². The molecule has 1 atom stereocenters. The number of nitrogens with one attached hydrogen (secondary N) is 1. The third-order valence-corrected chi connectivity index (χ3v) is 3.74. The molecule has 0 radical (unpaired) electrons. The fourth-order valence-electron chi connectivity index (χ4n) is 2.03. The van der Waals surface area contributed by atoms with Crippen LogP contribution in [-0.2, 0) is 11.3 Å². The minimum absolute atomic E-state index is 0.0890. The largest absolute Gasteiger partial charge is 0.354 e. The molecule has 0 fully saturated rings. The SMILES string of the molecule is Cc1nn(C(C)C(=O)NCCCn2cc(Br)cn2)cc1[N+](=O)[O-]. The monoisotopic (exact) mass is 384 g/mol. The predicted molar refractivity (Wildman–Crippen MR) is 85.9 cm³/mol. The number of carbonyl (C=O) groups excluding carboxylic acids is 1. The van der Waals surface area contributed by atoms with Crippen LogP contribution in [-0.4, -0.2) is 36.9 Å². The maximum absolute atomic E-state index is 12.1. The average Bonchev–Trinajstić information content (AvgIpc) is 3.08. The molecule has 0 saturated heterocycles. The van der Waals surface area contributed by atoms with E-state index in [1.165, 1.54) is 10.9 Å². The van der Waals surface area contributed by atoms with E-state index in [1.54, 1.807) is 24.7 Å². The summed E-state index contributed by atoms with van der Waals surface area (Å²) in [5, 5.41) is 21.8. The van der Waals surface area contributed by atoms with Crippen LogP contribution >= 0.6 is 15.9 Å². The molecule has 0 aliphatic heterocycles. The normalized spacial score (nSPS) is 12.1. The van der Waals surface area contributed by atoms with E-state index < -0.39 is 11.0 Å². The van der Waals surface area contributed by atoms with Crippen molar-refractivity contribution in [2.24, 2.45) is 0 Å². The van der Waals surface area contributed by atoms with E-state index in [1.807, 2.05) is 6.20 Å². The van der Waals surface area contributed by atoms with Gasteiger partial charge in [0, 0.05) is 19.3 Å². The lowest BCUT2D eigenvalue weighted by molar-refractivity contribution is -0.385. The molecule has 23 heavy (non-hydrogen) atoms. The highest BCUT2D eigenvalue weighted by atomic mass is 79.9. The molecule has 0 aliphatic carbocycles. The summed E-state index contributed by atoms with van der Waals surface area (Å²) < 4.78 is 4.00. The van der Waals surface area contributed by atoms with Crippen LogP contribution in [0.2, 0.25) is 0 Å². The van der Waals surface area contributed by atoms with E-state index in [4.69, 9.17) is 0 Å². The highest BCUT2D eigenvalue weighted by molar-refractivity contribution is 9.10. The zero-order valence-electron chi connectivity index (χ0n) is 12.8. The number of halogens is 1. The first-order valence-corrected chi connectivity index (χ1v) is 7.83. The van der Waals surface area contributed by atoms with Gasteiger partial charge in [0.1, 0.15) is 17.9 Å². The summed E-state index contributed by atoms with van der Waals surface area (Å²) in [5.74, 6) is -0.232. The second-order valence-corrected chi connectivity index (χ2v) is 5.99. The number of hydrogen-bond acceptors (Lipinski definition) is 5. The van der Waals surface area contributed by atoms with Gasteiger partial charge < -0.3 is 5.32 Å². The lowest BCUT2D eigenvalue weighted by Crippen LogP contribution is -2.32. The number of amides is 1. The molecule has 1 N–H and O–H groups in total. The van der Waals surface area contributed by atoms with Crippen molar-refractivity contribution in [2.45, 2.75) is 32.9 Å². The molecule has 9 nitrogen and oxygen atoms in total. The van der Waals surface area contributed by atoms with Gasteiger partial charge in [-0.3, -0.25) is 24.3 Å². The average molecular weight is 385 g/mol. The number of aryl methyl sites for hydroxylation is 2. The Bertz CT molecular complexity index is 710. The minimum atomic E-state index is -0.610. The first-order chi connectivity index (χ1) is 10.9. The van der Waals surface area contributed by atoms with E-state index in [9.17, 15) is 14.9 Å². The molecule has 2 heterocycles. The molecule has 10 heteroatoms. The van der Waals surface area contributed by atoms with Crippen molar-refractivity contribution >= 4 is 27.5 Å². The quantitative estimate of drug-likeness (QED) is 0.444. The Hall–Kier alpha value is -2.23. The number of nitro groups is 1. The van der Waals surface area contributed by atoms with Crippen molar-refractivity contribution in [3.63, 3.8) is 0 Å². The highest BCUT2D eigenvalue weighted by Gasteiger charge is 2.21. The molecule has 124 valence electrons. The first-order valence-electron chi connectivity index (χ1n) is 7.04. The highest BCUT2D eigenvalue weighted by Crippen LogP contribution is 2.18. The summed E-state index contributed by atoms with van der Waals surface area (Å²) in [6.07, 6.45) is 5.56. The molecule has 2 rings (SSSR count). The Balaban J connectivity index is 1.83. The van der Waals surface area contributed by atoms with Gasteiger partial charge in [0.25, 0.3) is 0 Å². The second-order valence-electron chi connectivity index (χ2n) is 5.08. The molecule has 0 aliphatic rings. The van der Waals surface area contributed by atoms with Crippen molar-refractivity contribution in [1.82, 2.24) is 24.9 Å². The Morgan fingerprint density at radius 2 is 2.26 bits per heavy atom. The molecule has 0 saturated carbocycles. The maximum Gasteiger partial charge on any atom is 0.309 e. The Labute approximate surface area is 140 Å². The van der Waals surface area contributed by atoms with E-state index in [2.05, 4.69) is 31.4 Å².